The first-order chi connectivity index (χ1) is 8.74. The van der Waals surface area contributed by atoms with Crippen molar-refractivity contribution in [2.45, 2.75) is 32.8 Å². The molecule has 0 fully saturated rings. The number of halogens is 2. The molecule has 106 valence electrons. The number of hydrogen-bond donors (Lipinski definition) is 1. The van der Waals surface area contributed by atoms with Gasteiger partial charge in [-0.25, -0.2) is 8.78 Å². The second-order valence-corrected chi connectivity index (χ2v) is 5.37. The highest BCUT2D eigenvalue weighted by Crippen LogP contribution is 2.19. The maximum Gasteiger partial charge on any atom is 0.311 e. The van der Waals surface area contributed by atoms with Crippen LogP contribution in [0.25, 0.3) is 0 Å². The Bertz CT molecular complexity index is 435. The lowest BCUT2D eigenvalue weighted by molar-refractivity contribution is -0.159. The minimum atomic E-state index is -0.759. The Morgan fingerprint density at radius 1 is 1.32 bits per heavy atom. The predicted molar refractivity (Wildman–Crippen MR) is 68.5 cm³/mol. The zero-order valence-corrected chi connectivity index (χ0v) is 11.4. The van der Waals surface area contributed by atoms with E-state index in [0.29, 0.717) is 0 Å². The van der Waals surface area contributed by atoms with Gasteiger partial charge in [-0.2, -0.15) is 0 Å². The summed E-state index contributed by atoms with van der Waals surface area (Å²) < 4.78 is 32.2. The molecule has 0 amide bonds. The summed E-state index contributed by atoms with van der Waals surface area (Å²) in [6.07, 6.45) is -0.107. The Balaban J connectivity index is 2.85. The highest BCUT2D eigenvalue weighted by atomic mass is 19.1. The zero-order chi connectivity index (χ0) is 14.6. The summed E-state index contributed by atoms with van der Waals surface area (Å²) in [6.45, 7) is 5.15. The Kier molecular flexibility index (Phi) is 5.00. The molecule has 19 heavy (non-hydrogen) atoms. The lowest BCUT2D eigenvalue weighted by atomic mass is 9.98. The molecule has 0 radical (unpaired) electrons. The molecule has 0 aliphatic rings. The van der Waals surface area contributed by atoms with Gasteiger partial charge in [-0.1, -0.05) is 6.07 Å². The van der Waals surface area contributed by atoms with Crippen LogP contribution >= 0.6 is 0 Å². The van der Waals surface area contributed by atoms with Gasteiger partial charge in [0.05, 0.1) is 5.92 Å². The van der Waals surface area contributed by atoms with Crippen molar-refractivity contribution >= 4 is 5.97 Å². The lowest BCUT2D eigenvalue weighted by Crippen LogP contribution is -2.34. The Morgan fingerprint density at radius 3 is 2.26 bits per heavy atom. The zero-order valence-electron chi connectivity index (χ0n) is 11.4. The smallest absolute Gasteiger partial charge is 0.311 e. The fourth-order valence-electron chi connectivity index (χ4n) is 1.62. The lowest BCUT2D eigenvalue weighted by Gasteiger charge is -2.23. The molecule has 0 aromatic heterocycles. The molecular weight excluding hydrogens is 252 g/mol. The Morgan fingerprint density at radius 2 is 1.84 bits per heavy atom. The number of hydrogen-bond acceptors (Lipinski definition) is 3. The molecule has 1 rings (SSSR count). The van der Waals surface area contributed by atoms with Crippen LogP contribution in [0.2, 0.25) is 0 Å². The van der Waals surface area contributed by atoms with Gasteiger partial charge >= 0.3 is 5.97 Å². The largest absolute Gasteiger partial charge is 0.460 e. The van der Waals surface area contributed by atoms with Crippen molar-refractivity contribution in [1.82, 2.24) is 0 Å². The van der Waals surface area contributed by atoms with Crippen LogP contribution in [0.3, 0.4) is 0 Å². The first-order valence-corrected chi connectivity index (χ1v) is 6.10. The van der Waals surface area contributed by atoms with Crippen LogP contribution in [0, 0.1) is 17.6 Å². The van der Waals surface area contributed by atoms with Gasteiger partial charge in [0.25, 0.3) is 0 Å². The van der Waals surface area contributed by atoms with Crippen molar-refractivity contribution in [3.05, 3.63) is 35.4 Å². The van der Waals surface area contributed by atoms with E-state index < -0.39 is 29.1 Å². The summed E-state index contributed by atoms with van der Waals surface area (Å²) in [6, 6.07) is 3.58. The van der Waals surface area contributed by atoms with Gasteiger partial charge in [-0.3, -0.25) is 4.79 Å². The van der Waals surface area contributed by atoms with Gasteiger partial charge < -0.3 is 10.5 Å². The normalized spacial score (nSPS) is 13.2. The minimum Gasteiger partial charge on any atom is -0.460 e. The van der Waals surface area contributed by atoms with Gasteiger partial charge in [-0.15, -0.1) is 0 Å². The van der Waals surface area contributed by atoms with Crippen molar-refractivity contribution in [2.24, 2.45) is 11.7 Å². The molecule has 2 N–H and O–H groups in total. The topological polar surface area (TPSA) is 52.3 Å². The molecule has 1 aromatic rings. The molecule has 0 aliphatic carbocycles. The van der Waals surface area contributed by atoms with Crippen molar-refractivity contribution in [3.63, 3.8) is 0 Å². The number of esters is 1. The molecule has 1 unspecified atom stereocenters. The number of benzene rings is 1. The van der Waals surface area contributed by atoms with Gasteiger partial charge in [0, 0.05) is 12.1 Å². The van der Waals surface area contributed by atoms with E-state index >= 15 is 0 Å². The molecule has 3 nitrogen and oxygen atoms in total. The molecule has 1 atom stereocenters. The molecule has 0 heterocycles. The van der Waals surface area contributed by atoms with E-state index in [0.717, 1.165) is 12.1 Å². The van der Waals surface area contributed by atoms with Crippen molar-refractivity contribution < 1.29 is 18.3 Å². The van der Waals surface area contributed by atoms with Gasteiger partial charge in [0.2, 0.25) is 0 Å². The van der Waals surface area contributed by atoms with Crippen LogP contribution in [0.1, 0.15) is 26.3 Å². The molecule has 0 bridgehead atoms. The van der Waals surface area contributed by atoms with Gasteiger partial charge in [0.15, 0.2) is 0 Å². The molecule has 0 spiro atoms. The van der Waals surface area contributed by atoms with Gasteiger partial charge in [-0.05, 0) is 39.3 Å². The van der Waals surface area contributed by atoms with Crippen LogP contribution in [0.5, 0.6) is 0 Å². The van der Waals surface area contributed by atoms with Crippen LogP contribution in [-0.4, -0.2) is 18.1 Å². The standard InChI is InChI=1S/C14H19F2NO2/c1-14(2,3)19-13(18)9(8-17)7-10-11(15)5-4-6-12(10)16/h4-6,9H,7-8,17H2,1-3H3. The van der Waals surface area contributed by atoms with E-state index in [1.165, 1.54) is 6.07 Å². The monoisotopic (exact) mass is 271 g/mol. The van der Waals surface area contributed by atoms with Crippen LogP contribution in [0.4, 0.5) is 8.78 Å². The van der Waals surface area contributed by atoms with Crippen molar-refractivity contribution in [1.29, 1.82) is 0 Å². The van der Waals surface area contributed by atoms with Crippen LogP contribution in [-0.2, 0) is 16.0 Å². The first-order valence-electron chi connectivity index (χ1n) is 6.10. The molecule has 1 aromatic carbocycles. The Labute approximate surface area is 111 Å². The summed E-state index contributed by atoms with van der Waals surface area (Å²) in [4.78, 5) is 11.9. The molecule has 0 aliphatic heterocycles. The third kappa shape index (κ3) is 4.59. The molecule has 0 saturated heterocycles. The third-order valence-electron chi connectivity index (χ3n) is 2.54. The highest BCUT2D eigenvalue weighted by Gasteiger charge is 2.26. The molecule has 0 saturated carbocycles. The SMILES string of the molecule is CC(C)(C)OC(=O)C(CN)Cc1c(F)cccc1F. The average molecular weight is 271 g/mol. The fraction of sp³-hybridized carbons (Fsp3) is 0.500. The summed E-state index contributed by atoms with van der Waals surface area (Å²) in [5, 5.41) is 0. The summed E-state index contributed by atoms with van der Waals surface area (Å²) in [5.74, 6) is -2.66. The average Bonchev–Trinajstić information content (AvgIpc) is 2.26. The first kappa shape index (κ1) is 15.6. The van der Waals surface area contributed by atoms with E-state index in [9.17, 15) is 13.6 Å². The number of ether oxygens (including phenoxy) is 1. The maximum absolute atomic E-state index is 13.5. The van der Waals surface area contributed by atoms with E-state index in [4.69, 9.17) is 10.5 Å². The van der Waals surface area contributed by atoms with E-state index in [-0.39, 0.29) is 18.5 Å². The van der Waals surface area contributed by atoms with Crippen LogP contribution in [0.15, 0.2) is 18.2 Å². The number of carbonyl (C=O) groups is 1. The van der Waals surface area contributed by atoms with E-state index in [1.807, 2.05) is 0 Å². The maximum atomic E-state index is 13.5. The van der Waals surface area contributed by atoms with Crippen LogP contribution < -0.4 is 5.73 Å². The number of carbonyl (C=O) groups excluding carboxylic acids is 1. The van der Waals surface area contributed by atoms with Crippen molar-refractivity contribution in [2.75, 3.05) is 6.54 Å². The molecule has 5 heteroatoms. The summed E-state index contributed by atoms with van der Waals surface area (Å²) in [5.41, 5.74) is 4.70. The third-order valence-corrected chi connectivity index (χ3v) is 2.54. The summed E-state index contributed by atoms with van der Waals surface area (Å²) >= 11 is 0. The number of nitrogens with two attached hydrogens (primary N) is 1. The number of rotatable bonds is 4. The second kappa shape index (κ2) is 6.10. The minimum absolute atomic E-state index is 0.0251. The molecular formula is C14H19F2NO2. The van der Waals surface area contributed by atoms with E-state index in [2.05, 4.69) is 0 Å². The summed E-state index contributed by atoms with van der Waals surface area (Å²) in [7, 11) is 0. The van der Waals surface area contributed by atoms with Gasteiger partial charge in [0.1, 0.15) is 17.2 Å². The van der Waals surface area contributed by atoms with Crippen molar-refractivity contribution in [3.8, 4) is 0 Å². The Hall–Kier alpha value is -1.49. The predicted octanol–water partition coefficient (Wildman–Crippen LogP) is 2.42. The quantitative estimate of drug-likeness (QED) is 0.856. The van der Waals surface area contributed by atoms with E-state index in [1.54, 1.807) is 20.8 Å². The highest BCUT2D eigenvalue weighted by molar-refractivity contribution is 5.73. The second-order valence-electron chi connectivity index (χ2n) is 5.37. The fourth-order valence-corrected chi connectivity index (χ4v) is 1.62.